The fourth-order valence-corrected chi connectivity index (χ4v) is 5.89. The number of aryl methyl sites for hydroxylation is 1. The third-order valence-corrected chi connectivity index (χ3v) is 8.53. The predicted molar refractivity (Wildman–Crippen MR) is 162 cm³/mol. The van der Waals surface area contributed by atoms with Crippen LogP contribution in [0.1, 0.15) is 55.2 Å². The van der Waals surface area contributed by atoms with Gasteiger partial charge in [-0.15, -0.1) is 0 Å². The average molecular weight is 596 g/mol. The van der Waals surface area contributed by atoms with Crippen LogP contribution < -0.4 is 14.8 Å². The Balaban J connectivity index is 1.41. The van der Waals surface area contributed by atoms with Crippen LogP contribution in [0.2, 0.25) is 10.0 Å². The molecule has 5 rings (SSSR count). The number of amides is 2. The molecule has 216 valence electrons. The molecule has 0 bridgehead atoms. The molecule has 0 aromatic heterocycles. The van der Waals surface area contributed by atoms with Crippen LogP contribution in [0, 0.1) is 0 Å². The number of carbonyl (C=O) groups excluding carboxylic acids is 2. The van der Waals surface area contributed by atoms with E-state index in [0.29, 0.717) is 41.9 Å². The van der Waals surface area contributed by atoms with Crippen molar-refractivity contribution in [1.29, 1.82) is 0 Å². The summed E-state index contributed by atoms with van der Waals surface area (Å²) in [7, 11) is 0. The second-order valence-corrected chi connectivity index (χ2v) is 11.6. The monoisotopic (exact) mass is 594 g/mol. The minimum absolute atomic E-state index is 0.106. The van der Waals surface area contributed by atoms with Crippen molar-refractivity contribution in [3.8, 4) is 11.5 Å². The van der Waals surface area contributed by atoms with E-state index in [-0.39, 0.29) is 30.8 Å². The van der Waals surface area contributed by atoms with Crippen molar-refractivity contribution in [2.24, 2.45) is 0 Å². The van der Waals surface area contributed by atoms with E-state index in [1.165, 1.54) is 6.42 Å². The zero-order valence-corrected chi connectivity index (χ0v) is 24.6. The van der Waals surface area contributed by atoms with Gasteiger partial charge in [0.15, 0.2) is 11.5 Å². The van der Waals surface area contributed by atoms with Crippen molar-refractivity contribution in [3.63, 3.8) is 0 Å². The van der Waals surface area contributed by atoms with Crippen LogP contribution in [-0.4, -0.2) is 42.0 Å². The molecular formula is C33H36Cl2N2O4. The Kier molecular flexibility index (Phi) is 10.1. The van der Waals surface area contributed by atoms with Gasteiger partial charge in [-0.1, -0.05) is 84.9 Å². The highest BCUT2D eigenvalue weighted by Gasteiger charge is 2.32. The molecule has 0 saturated heterocycles. The van der Waals surface area contributed by atoms with Crippen molar-refractivity contribution < 1.29 is 19.1 Å². The molecule has 1 atom stereocenters. The smallest absolute Gasteiger partial charge is 0.243 e. The molecule has 1 fully saturated rings. The molecule has 1 N–H and O–H groups in total. The maximum atomic E-state index is 14.0. The zero-order valence-electron chi connectivity index (χ0n) is 23.1. The Morgan fingerprint density at radius 3 is 2.32 bits per heavy atom. The van der Waals surface area contributed by atoms with Gasteiger partial charge >= 0.3 is 0 Å². The number of fused-ring (bicyclic) bond motifs is 1. The number of halogens is 2. The molecule has 6 nitrogen and oxygen atoms in total. The number of benzene rings is 3. The minimum atomic E-state index is -0.679. The van der Waals surface area contributed by atoms with Gasteiger partial charge in [0, 0.05) is 25.4 Å². The van der Waals surface area contributed by atoms with Crippen LogP contribution in [0.5, 0.6) is 11.5 Å². The number of hydrogen-bond acceptors (Lipinski definition) is 4. The summed E-state index contributed by atoms with van der Waals surface area (Å²) in [5, 5.41) is 4.14. The quantitative estimate of drug-likeness (QED) is 0.281. The summed E-state index contributed by atoms with van der Waals surface area (Å²) in [5.74, 6) is 1.19. The fourth-order valence-electron chi connectivity index (χ4n) is 5.57. The topological polar surface area (TPSA) is 67.9 Å². The lowest BCUT2D eigenvalue weighted by Gasteiger charge is -2.33. The number of nitrogens with zero attached hydrogens (tertiary/aromatic N) is 1. The largest absolute Gasteiger partial charge is 0.486 e. The fraction of sp³-hybridized carbons (Fsp3) is 0.394. The second kappa shape index (κ2) is 14.1. The van der Waals surface area contributed by atoms with Gasteiger partial charge in [0.2, 0.25) is 11.8 Å². The summed E-state index contributed by atoms with van der Waals surface area (Å²) in [6.45, 7) is 1.27. The first kappa shape index (κ1) is 29.3. The van der Waals surface area contributed by atoms with E-state index in [1.54, 1.807) is 17.0 Å². The molecule has 0 radical (unpaired) electrons. The lowest BCUT2D eigenvalue weighted by Crippen LogP contribution is -2.52. The number of carbonyl (C=O) groups is 2. The third-order valence-electron chi connectivity index (χ3n) is 7.79. The van der Waals surface area contributed by atoms with Crippen molar-refractivity contribution in [2.45, 2.75) is 70.0 Å². The van der Waals surface area contributed by atoms with Gasteiger partial charge in [0.1, 0.15) is 19.3 Å². The molecule has 1 saturated carbocycles. The summed E-state index contributed by atoms with van der Waals surface area (Å²) in [6, 6.07) is 20.4. The molecule has 3 aromatic rings. The zero-order chi connectivity index (χ0) is 28.6. The van der Waals surface area contributed by atoms with Gasteiger partial charge < -0.3 is 19.7 Å². The second-order valence-electron chi connectivity index (χ2n) is 10.8. The Morgan fingerprint density at radius 2 is 1.56 bits per heavy atom. The molecule has 8 heteroatoms. The van der Waals surface area contributed by atoms with E-state index >= 15 is 0 Å². The molecule has 1 aliphatic heterocycles. The van der Waals surface area contributed by atoms with Crippen LogP contribution >= 0.6 is 23.2 Å². The van der Waals surface area contributed by atoms with Crippen molar-refractivity contribution in [3.05, 3.63) is 93.5 Å². The van der Waals surface area contributed by atoms with E-state index in [4.69, 9.17) is 32.7 Å². The molecule has 2 amide bonds. The van der Waals surface area contributed by atoms with Crippen LogP contribution in [0.15, 0.2) is 66.7 Å². The van der Waals surface area contributed by atoms with E-state index in [2.05, 4.69) is 5.32 Å². The highest BCUT2D eigenvalue weighted by atomic mass is 35.5. The lowest BCUT2D eigenvalue weighted by molar-refractivity contribution is -0.141. The van der Waals surface area contributed by atoms with Crippen LogP contribution in [0.25, 0.3) is 0 Å². The molecule has 1 heterocycles. The number of ether oxygens (including phenoxy) is 2. The molecule has 3 aromatic carbocycles. The molecular weight excluding hydrogens is 559 g/mol. The normalized spacial score (nSPS) is 15.7. The standard InChI is InChI=1S/C33H36Cl2N2O4/c34-27-14-11-25(19-28(27)35)22-37(32(38)16-13-24-12-15-30-31(21-24)41-18-17-40-30)29(20-23-7-3-1-4-8-23)33(39)36-26-9-5-2-6-10-26/h1,3-4,7-8,11-12,14-15,19,21,26,29H,2,5-6,9-10,13,16-18,20,22H2,(H,36,39). The van der Waals surface area contributed by atoms with Crippen LogP contribution in [-0.2, 0) is 29.0 Å². The summed E-state index contributed by atoms with van der Waals surface area (Å²) in [6.07, 6.45) is 6.51. The highest BCUT2D eigenvalue weighted by molar-refractivity contribution is 6.42. The first-order valence-corrected chi connectivity index (χ1v) is 15.2. The van der Waals surface area contributed by atoms with E-state index in [0.717, 1.165) is 48.1 Å². The number of hydrogen-bond donors (Lipinski definition) is 1. The van der Waals surface area contributed by atoms with Gasteiger partial charge in [0.25, 0.3) is 0 Å². The maximum Gasteiger partial charge on any atom is 0.243 e. The molecule has 1 aliphatic carbocycles. The van der Waals surface area contributed by atoms with E-state index in [9.17, 15) is 9.59 Å². The third kappa shape index (κ3) is 7.96. The van der Waals surface area contributed by atoms with Crippen molar-refractivity contribution in [2.75, 3.05) is 13.2 Å². The summed E-state index contributed by atoms with van der Waals surface area (Å²) < 4.78 is 11.4. The summed E-state index contributed by atoms with van der Waals surface area (Å²) >= 11 is 12.5. The predicted octanol–water partition coefficient (Wildman–Crippen LogP) is 6.79. The van der Waals surface area contributed by atoms with Crippen LogP contribution in [0.3, 0.4) is 0 Å². The van der Waals surface area contributed by atoms with Crippen LogP contribution in [0.4, 0.5) is 0 Å². The lowest BCUT2D eigenvalue weighted by atomic mass is 9.94. The highest BCUT2D eigenvalue weighted by Crippen LogP contribution is 2.31. The molecule has 41 heavy (non-hydrogen) atoms. The average Bonchev–Trinajstić information content (AvgIpc) is 3.00. The van der Waals surface area contributed by atoms with Gasteiger partial charge in [-0.05, 0) is 60.2 Å². The van der Waals surface area contributed by atoms with Crippen molar-refractivity contribution in [1.82, 2.24) is 10.2 Å². The van der Waals surface area contributed by atoms with Crippen molar-refractivity contribution >= 4 is 35.0 Å². The van der Waals surface area contributed by atoms with E-state index in [1.807, 2.05) is 54.6 Å². The number of rotatable bonds is 10. The first-order valence-electron chi connectivity index (χ1n) is 14.4. The number of nitrogens with one attached hydrogen (secondary N) is 1. The Bertz CT molecular complexity index is 1340. The van der Waals surface area contributed by atoms with E-state index < -0.39 is 6.04 Å². The Morgan fingerprint density at radius 1 is 0.829 bits per heavy atom. The molecule has 2 aliphatic rings. The Hall–Kier alpha value is -3.22. The van der Waals surface area contributed by atoms with Gasteiger partial charge in [-0.25, -0.2) is 0 Å². The summed E-state index contributed by atoms with van der Waals surface area (Å²) in [5.41, 5.74) is 2.79. The first-order chi connectivity index (χ1) is 20.0. The summed E-state index contributed by atoms with van der Waals surface area (Å²) in [4.78, 5) is 29.7. The Labute approximate surface area is 251 Å². The minimum Gasteiger partial charge on any atom is -0.486 e. The van der Waals surface area contributed by atoms with Gasteiger partial charge in [0.05, 0.1) is 10.0 Å². The van der Waals surface area contributed by atoms with Gasteiger partial charge in [-0.2, -0.15) is 0 Å². The SMILES string of the molecule is O=C(NC1CCCCC1)C(Cc1ccccc1)N(Cc1ccc(Cl)c(Cl)c1)C(=O)CCc1ccc2c(c1)OCCO2. The van der Waals surface area contributed by atoms with Gasteiger partial charge in [-0.3, -0.25) is 9.59 Å². The molecule has 1 unspecified atom stereocenters. The molecule has 0 spiro atoms. The maximum absolute atomic E-state index is 14.0.